The topological polar surface area (TPSA) is 76.1 Å². The third-order valence-corrected chi connectivity index (χ3v) is 5.00. The van der Waals surface area contributed by atoms with E-state index >= 15 is 0 Å². The molecule has 0 radical (unpaired) electrons. The molecule has 2 heterocycles. The minimum absolute atomic E-state index is 0.115. The minimum atomic E-state index is -0.841. The number of nitrogens with zero attached hydrogens (tertiary/aromatic N) is 1. The summed E-state index contributed by atoms with van der Waals surface area (Å²) < 4.78 is 10.7. The van der Waals surface area contributed by atoms with E-state index in [9.17, 15) is 14.7 Å². The zero-order chi connectivity index (χ0) is 19.8. The Kier molecular flexibility index (Phi) is 4.55. The molecule has 4 rings (SSSR count). The van der Waals surface area contributed by atoms with Gasteiger partial charge in [-0.1, -0.05) is 30.9 Å². The predicted octanol–water partition coefficient (Wildman–Crippen LogP) is 3.61. The number of hydrogen-bond acceptors (Lipinski definition) is 5. The van der Waals surface area contributed by atoms with Crippen molar-refractivity contribution in [2.75, 3.05) is 11.7 Å². The van der Waals surface area contributed by atoms with E-state index in [2.05, 4.69) is 6.58 Å². The molecule has 0 aromatic heterocycles. The molecule has 144 valence electrons. The normalized spacial score (nSPS) is 21.4. The van der Waals surface area contributed by atoms with Crippen LogP contribution in [0.4, 0.5) is 5.69 Å². The van der Waals surface area contributed by atoms with E-state index in [-0.39, 0.29) is 29.8 Å². The van der Waals surface area contributed by atoms with Crippen LogP contribution < -0.4 is 14.4 Å². The maximum atomic E-state index is 13.2. The fourth-order valence-corrected chi connectivity index (χ4v) is 3.41. The maximum Gasteiger partial charge on any atom is 0.266 e. The molecule has 1 amide bonds. The number of carbonyl (C=O) groups is 2. The molecule has 1 unspecified atom stereocenters. The molecule has 1 aromatic rings. The number of amides is 1. The standard InChI is InChI=1S/C22H21NO5/c1-3-4-5-6-13(2)19-21(25)18(20(24)14-7-8-14)22(26)23(19)15-9-10-16-17(11-15)28-12-27-16/h3-6,9-11,14,19,25H,2,7-8,12H2,1H3/b4-3-,6-5-. The monoisotopic (exact) mass is 379 g/mol. The van der Waals surface area contributed by atoms with Crippen LogP contribution in [-0.2, 0) is 9.59 Å². The molecule has 1 N–H and O–H groups in total. The molecule has 0 bridgehead atoms. The number of allylic oxidation sites excluding steroid dienone is 3. The van der Waals surface area contributed by atoms with Gasteiger partial charge in [0, 0.05) is 17.7 Å². The number of benzene rings is 1. The van der Waals surface area contributed by atoms with Crippen molar-refractivity contribution in [3.63, 3.8) is 0 Å². The summed E-state index contributed by atoms with van der Waals surface area (Å²) in [6.45, 7) is 6.02. The first-order valence-corrected chi connectivity index (χ1v) is 9.21. The van der Waals surface area contributed by atoms with Crippen LogP contribution in [0.3, 0.4) is 0 Å². The Morgan fingerprint density at radius 1 is 1.25 bits per heavy atom. The second kappa shape index (κ2) is 7.03. The predicted molar refractivity (Wildman–Crippen MR) is 104 cm³/mol. The molecule has 1 fully saturated rings. The molecule has 6 heteroatoms. The zero-order valence-corrected chi connectivity index (χ0v) is 15.6. The second-order valence-electron chi connectivity index (χ2n) is 6.97. The van der Waals surface area contributed by atoms with Crippen LogP contribution in [0.1, 0.15) is 19.8 Å². The fraction of sp³-hybridized carbons (Fsp3) is 0.273. The van der Waals surface area contributed by atoms with Crippen molar-refractivity contribution < 1.29 is 24.2 Å². The van der Waals surface area contributed by atoms with Gasteiger partial charge >= 0.3 is 0 Å². The Hall–Kier alpha value is -3.28. The number of fused-ring (bicyclic) bond motifs is 1. The van der Waals surface area contributed by atoms with Gasteiger partial charge < -0.3 is 14.6 Å². The summed E-state index contributed by atoms with van der Waals surface area (Å²) in [5.41, 5.74) is 0.871. The zero-order valence-electron chi connectivity index (χ0n) is 15.6. The number of Topliss-reactive ketones (excluding diaryl/α,β-unsaturated/α-hetero) is 1. The van der Waals surface area contributed by atoms with E-state index < -0.39 is 11.9 Å². The molecule has 3 aliphatic rings. The molecule has 2 aliphatic heterocycles. The van der Waals surface area contributed by atoms with Crippen LogP contribution in [0.5, 0.6) is 11.5 Å². The highest BCUT2D eigenvalue weighted by atomic mass is 16.7. The van der Waals surface area contributed by atoms with Gasteiger partial charge in [-0.05, 0) is 37.5 Å². The van der Waals surface area contributed by atoms with Crippen LogP contribution in [0.25, 0.3) is 0 Å². The smallest absolute Gasteiger partial charge is 0.266 e. The number of carbonyl (C=O) groups excluding carboxylic acids is 2. The highest BCUT2D eigenvalue weighted by Crippen LogP contribution is 2.42. The fourth-order valence-electron chi connectivity index (χ4n) is 3.41. The van der Waals surface area contributed by atoms with Crippen molar-refractivity contribution in [1.82, 2.24) is 0 Å². The highest BCUT2D eigenvalue weighted by molar-refractivity contribution is 6.28. The van der Waals surface area contributed by atoms with Crippen LogP contribution in [-0.4, -0.2) is 29.6 Å². The number of aliphatic hydroxyl groups excluding tert-OH is 1. The Labute approximate surface area is 163 Å². The summed E-state index contributed by atoms with van der Waals surface area (Å²) in [6, 6.07) is 4.25. The minimum Gasteiger partial charge on any atom is -0.509 e. The van der Waals surface area contributed by atoms with E-state index in [0.29, 0.717) is 22.8 Å². The Morgan fingerprint density at radius 2 is 2.00 bits per heavy atom. The van der Waals surface area contributed by atoms with Gasteiger partial charge in [-0.2, -0.15) is 0 Å². The molecular weight excluding hydrogens is 358 g/mol. The van der Waals surface area contributed by atoms with Gasteiger partial charge in [0.15, 0.2) is 17.3 Å². The van der Waals surface area contributed by atoms with Crippen molar-refractivity contribution in [2.24, 2.45) is 5.92 Å². The van der Waals surface area contributed by atoms with E-state index in [0.717, 1.165) is 12.8 Å². The molecule has 1 aliphatic carbocycles. The van der Waals surface area contributed by atoms with Gasteiger partial charge in [-0.3, -0.25) is 14.5 Å². The summed E-state index contributed by atoms with van der Waals surface area (Å²) >= 11 is 0. The first-order chi connectivity index (χ1) is 13.5. The van der Waals surface area contributed by atoms with Gasteiger partial charge in [0.05, 0.1) is 0 Å². The third-order valence-electron chi connectivity index (χ3n) is 5.00. The van der Waals surface area contributed by atoms with E-state index in [1.54, 1.807) is 30.4 Å². The van der Waals surface area contributed by atoms with Gasteiger partial charge in [0.25, 0.3) is 5.91 Å². The number of anilines is 1. The number of ketones is 1. The number of hydrogen-bond donors (Lipinski definition) is 1. The van der Waals surface area contributed by atoms with Crippen LogP contribution in [0, 0.1) is 5.92 Å². The Balaban J connectivity index is 1.75. The quantitative estimate of drug-likeness (QED) is 0.604. The summed E-state index contributed by atoms with van der Waals surface area (Å²) in [5, 5.41) is 10.8. The van der Waals surface area contributed by atoms with Crippen molar-refractivity contribution in [3.8, 4) is 11.5 Å². The summed E-state index contributed by atoms with van der Waals surface area (Å²) in [4.78, 5) is 27.2. The first-order valence-electron chi connectivity index (χ1n) is 9.21. The summed E-state index contributed by atoms with van der Waals surface area (Å²) in [6.07, 6.45) is 8.68. The lowest BCUT2D eigenvalue weighted by Gasteiger charge is -2.26. The lowest BCUT2D eigenvalue weighted by Crippen LogP contribution is -2.37. The first kappa shape index (κ1) is 18.1. The van der Waals surface area contributed by atoms with Gasteiger partial charge in [-0.15, -0.1) is 0 Å². The summed E-state index contributed by atoms with van der Waals surface area (Å²) in [5.74, 6) is -0.120. The van der Waals surface area contributed by atoms with Gasteiger partial charge in [0.1, 0.15) is 17.4 Å². The lowest BCUT2D eigenvalue weighted by atomic mass is 10.0. The Bertz CT molecular complexity index is 952. The average Bonchev–Trinajstić information content (AvgIpc) is 3.36. The van der Waals surface area contributed by atoms with Crippen LogP contribution in [0.2, 0.25) is 0 Å². The molecule has 1 atom stereocenters. The molecule has 0 spiro atoms. The van der Waals surface area contributed by atoms with Crippen LogP contribution in [0.15, 0.2) is 66.0 Å². The Morgan fingerprint density at radius 3 is 2.71 bits per heavy atom. The molecule has 1 saturated carbocycles. The van der Waals surface area contributed by atoms with Gasteiger partial charge in [0.2, 0.25) is 6.79 Å². The van der Waals surface area contributed by atoms with Crippen LogP contribution >= 0.6 is 0 Å². The third kappa shape index (κ3) is 3.01. The molecule has 0 saturated heterocycles. The SMILES string of the molecule is C=C(/C=C\C=C/C)C1C(O)=C(C(=O)C2CC2)C(=O)N1c1ccc2c(c1)OCO2. The molecule has 28 heavy (non-hydrogen) atoms. The molecular formula is C22H21NO5. The van der Waals surface area contributed by atoms with Crippen molar-refractivity contribution in [1.29, 1.82) is 0 Å². The van der Waals surface area contributed by atoms with Crippen molar-refractivity contribution >= 4 is 17.4 Å². The van der Waals surface area contributed by atoms with Gasteiger partial charge in [-0.25, -0.2) is 0 Å². The average molecular weight is 379 g/mol. The van der Waals surface area contributed by atoms with Crippen molar-refractivity contribution in [3.05, 3.63) is 66.0 Å². The maximum absolute atomic E-state index is 13.2. The largest absolute Gasteiger partial charge is 0.509 e. The molecule has 6 nitrogen and oxygen atoms in total. The summed E-state index contributed by atoms with van der Waals surface area (Å²) in [7, 11) is 0. The van der Waals surface area contributed by atoms with Crippen molar-refractivity contribution in [2.45, 2.75) is 25.8 Å². The van der Waals surface area contributed by atoms with E-state index in [1.807, 2.05) is 19.1 Å². The number of ether oxygens (including phenoxy) is 2. The molecule has 1 aromatic carbocycles. The number of rotatable bonds is 6. The second-order valence-corrected chi connectivity index (χ2v) is 6.97. The number of aliphatic hydroxyl groups is 1. The van der Waals surface area contributed by atoms with E-state index in [4.69, 9.17) is 9.47 Å². The lowest BCUT2D eigenvalue weighted by molar-refractivity contribution is -0.121. The highest BCUT2D eigenvalue weighted by Gasteiger charge is 2.47. The van der Waals surface area contributed by atoms with E-state index in [1.165, 1.54) is 4.90 Å².